The van der Waals surface area contributed by atoms with Crippen molar-refractivity contribution in [3.63, 3.8) is 0 Å². The van der Waals surface area contributed by atoms with Crippen molar-refractivity contribution in [2.75, 3.05) is 23.9 Å². The van der Waals surface area contributed by atoms with Gasteiger partial charge in [-0.15, -0.1) is 5.10 Å². The van der Waals surface area contributed by atoms with Crippen LogP contribution in [0.5, 0.6) is 5.75 Å². The summed E-state index contributed by atoms with van der Waals surface area (Å²) in [6.45, 7) is 2.34. The minimum atomic E-state index is -0.428. The van der Waals surface area contributed by atoms with Crippen molar-refractivity contribution in [2.45, 2.75) is 13.3 Å². The first-order valence-corrected chi connectivity index (χ1v) is 9.14. The smallest absolute Gasteiger partial charge is 0.229 e. The zero-order chi connectivity index (χ0) is 20.4. The Morgan fingerprint density at radius 1 is 1.21 bits per heavy atom. The van der Waals surface area contributed by atoms with E-state index in [0.29, 0.717) is 23.7 Å². The van der Waals surface area contributed by atoms with Crippen LogP contribution in [0.15, 0.2) is 48.8 Å². The molecule has 148 valence electrons. The Hall–Kier alpha value is -3.75. The summed E-state index contributed by atoms with van der Waals surface area (Å²) in [5, 5.41) is 14.0. The van der Waals surface area contributed by atoms with E-state index < -0.39 is 5.92 Å². The standard InChI is InChI=1S/C20H20N6O3/c1-13-3-6-16(7-4-13)25-11-14(9-19(25)27)20(28)22-15-5-8-18(29-2)17(10-15)26-12-21-23-24-26/h3-8,10,12,14H,9,11H2,1-2H3,(H,22,28)/t14-/m0/s1. The van der Waals surface area contributed by atoms with Crippen molar-refractivity contribution in [3.8, 4) is 11.4 Å². The van der Waals surface area contributed by atoms with Crippen LogP contribution < -0.4 is 15.0 Å². The van der Waals surface area contributed by atoms with E-state index in [1.807, 2.05) is 31.2 Å². The van der Waals surface area contributed by atoms with Crippen LogP contribution in [0.25, 0.3) is 5.69 Å². The first-order valence-electron chi connectivity index (χ1n) is 9.14. The Morgan fingerprint density at radius 2 is 2.00 bits per heavy atom. The molecule has 4 rings (SSSR count). The number of aryl methyl sites for hydroxylation is 1. The topological polar surface area (TPSA) is 102 Å². The SMILES string of the molecule is COc1ccc(NC(=O)[C@H]2CC(=O)N(c3ccc(C)cc3)C2)cc1-n1cnnn1. The van der Waals surface area contributed by atoms with E-state index in [1.54, 1.807) is 30.2 Å². The first-order chi connectivity index (χ1) is 14.0. The fourth-order valence-corrected chi connectivity index (χ4v) is 3.32. The van der Waals surface area contributed by atoms with Gasteiger partial charge in [0.05, 0.1) is 13.0 Å². The zero-order valence-corrected chi connectivity index (χ0v) is 16.1. The van der Waals surface area contributed by atoms with Gasteiger partial charge in [0.2, 0.25) is 11.8 Å². The van der Waals surface area contributed by atoms with Crippen LogP contribution in [0.4, 0.5) is 11.4 Å². The number of tetrazole rings is 1. The van der Waals surface area contributed by atoms with Crippen LogP contribution in [0.3, 0.4) is 0 Å². The van der Waals surface area contributed by atoms with Crippen LogP contribution >= 0.6 is 0 Å². The summed E-state index contributed by atoms with van der Waals surface area (Å²) >= 11 is 0. The van der Waals surface area contributed by atoms with Crippen molar-refractivity contribution < 1.29 is 14.3 Å². The second-order valence-corrected chi connectivity index (χ2v) is 6.87. The summed E-state index contributed by atoms with van der Waals surface area (Å²) in [4.78, 5) is 26.9. The lowest BCUT2D eigenvalue weighted by Crippen LogP contribution is -2.28. The minimum absolute atomic E-state index is 0.0573. The van der Waals surface area contributed by atoms with Gasteiger partial charge in [-0.2, -0.15) is 4.68 Å². The van der Waals surface area contributed by atoms with Crippen molar-refractivity contribution >= 4 is 23.2 Å². The number of nitrogens with one attached hydrogen (secondary N) is 1. The molecule has 9 nitrogen and oxygen atoms in total. The number of nitrogens with zero attached hydrogens (tertiary/aromatic N) is 5. The van der Waals surface area contributed by atoms with Gasteiger partial charge in [-0.3, -0.25) is 9.59 Å². The number of ether oxygens (including phenoxy) is 1. The molecule has 1 aromatic heterocycles. The predicted molar refractivity (Wildman–Crippen MR) is 106 cm³/mol. The van der Waals surface area contributed by atoms with E-state index >= 15 is 0 Å². The Balaban J connectivity index is 1.49. The number of amides is 2. The number of hydrogen-bond donors (Lipinski definition) is 1. The van der Waals surface area contributed by atoms with Crippen LogP contribution in [-0.2, 0) is 9.59 Å². The van der Waals surface area contributed by atoms with Gasteiger partial charge >= 0.3 is 0 Å². The summed E-state index contributed by atoms with van der Waals surface area (Å²) in [6, 6.07) is 12.9. The molecule has 0 radical (unpaired) electrons. The van der Waals surface area contributed by atoms with Gasteiger partial charge in [0.15, 0.2) is 0 Å². The maximum atomic E-state index is 12.8. The van der Waals surface area contributed by atoms with E-state index in [-0.39, 0.29) is 18.2 Å². The number of benzene rings is 2. The van der Waals surface area contributed by atoms with E-state index in [4.69, 9.17) is 4.74 Å². The number of rotatable bonds is 5. The van der Waals surface area contributed by atoms with Gasteiger partial charge in [0.25, 0.3) is 0 Å². The molecule has 0 bridgehead atoms. The number of methoxy groups -OCH3 is 1. The predicted octanol–water partition coefficient (Wildman–Crippen LogP) is 1.97. The molecule has 2 heterocycles. The molecule has 1 atom stereocenters. The fourth-order valence-electron chi connectivity index (χ4n) is 3.32. The molecule has 3 aromatic rings. The second kappa shape index (κ2) is 7.70. The number of carbonyl (C=O) groups is 2. The van der Waals surface area contributed by atoms with Gasteiger partial charge in [-0.1, -0.05) is 17.7 Å². The molecule has 0 aliphatic carbocycles. The van der Waals surface area contributed by atoms with Gasteiger partial charge in [0.1, 0.15) is 17.8 Å². The third-order valence-electron chi connectivity index (χ3n) is 4.88. The van der Waals surface area contributed by atoms with Crippen molar-refractivity contribution in [1.82, 2.24) is 20.2 Å². The highest BCUT2D eigenvalue weighted by Gasteiger charge is 2.35. The molecule has 1 fully saturated rings. The Labute approximate surface area is 167 Å². The molecule has 0 saturated carbocycles. The van der Waals surface area contributed by atoms with Gasteiger partial charge in [-0.25, -0.2) is 0 Å². The first kappa shape index (κ1) is 18.6. The largest absolute Gasteiger partial charge is 0.494 e. The van der Waals surface area contributed by atoms with E-state index in [9.17, 15) is 9.59 Å². The highest BCUT2D eigenvalue weighted by Crippen LogP contribution is 2.28. The van der Waals surface area contributed by atoms with Crippen molar-refractivity contribution in [2.24, 2.45) is 5.92 Å². The highest BCUT2D eigenvalue weighted by molar-refractivity contribution is 6.03. The van der Waals surface area contributed by atoms with E-state index in [1.165, 1.54) is 11.0 Å². The van der Waals surface area contributed by atoms with Crippen molar-refractivity contribution in [3.05, 3.63) is 54.4 Å². The van der Waals surface area contributed by atoms with Crippen LogP contribution in [-0.4, -0.2) is 45.7 Å². The Bertz CT molecular complexity index is 1030. The summed E-state index contributed by atoms with van der Waals surface area (Å²) in [6.07, 6.45) is 1.62. The fraction of sp³-hybridized carbons (Fsp3) is 0.250. The lowest BCUT2D eigenvalue weighted by atomic mass is 10.1. The Morgan fingerprint density at radius 3 is 2.69 bits per heavy atom. The highest BCUT2D eigenvalue weighted by atomic mass is 16.5. The lowest BCUT2D eigenvalue weighted by molar-refractivity contribution is -0.122. The average Bonchev–Trinajstić information content (AvgIpc) is 3.39. The second-order valence-electron chi connectivity index (χ2n) is 6.87. The van der Waals surface area contributed by atoms with Crippen LogP contribution in [0.2, 0.25) is 0 Å². The maximum Gasteiger partial charge on any atom is 0.229 e. The molecule has 2 aromatic carbocycles. The minimum Gasteiger partial charge on any atom is -0.494 e. The molecular weight excluding hydrogens is 372 g/mol. The summed E-state index contributed by atoms with van der Waals surface area (Å²) in [5.74, 6) is -0.127. The Kier molecular flexibility index (Phi) is 4.94. The van der Waals surface area contributed by atoms with E-state index in [0.717, 1.165) is 11.3 Å². The number of anilines is 2. The number of carbonyl (C=O) groups excluding carboxylic acids is 2. The van der Waals surface area contributed by atoms with Crippen LogP contribution in [0, 0.1) is 12.8 Å². The molecule has 1 aliphatic rings. The van der Waals surface area contributed by atoms with E-state index in [2.05, 4.69) is 20.8 Å². The summed E-state index contributed by atoms with van der Waals surface area (Å²) in [5.41, 5.74) is 3.09. The summed E-state index contributed by atoms with van der Waals surface area (Å²) < 4.78 is 6.79. The number of aromatic nitrogens is 4. The zero-order valence-electron chi connectivity index (χ0n) is 16.1. The number of hydrogen-bond acceptors (Lipinski definition) is 6. The van der Waals surface area contributed by atoms with Crippen molar-refractivity contribution in [1.29, 1.82) is 0 Å². The van der Waals surface area contributed by atoms with Gasteiger partial charge in [-0.05, 0) is 47.7 Å². The molecule has 1 N–H and O–H groups in total. The molecule has 0 spiro atoms. The molecule has 0 unspecified atom stereocenters. The van der Waals surface area contributed by atoms with Gasteiger partial charge < -0.3 is 15.0 Å². The average molecular weight is 392 g/mol. The molecule has 9 heteroatoms. The van der Waals surface area contributed by atoms with Crippen LogP contribution in [0.1, 0.15) is 12.0 Å². The normalized spacial score (nSPS) is 16.1. The summed E-state index contributed by atoms with van der Waals surface area (Å²) in [7, 11) is 1.55. The monoisotopic (exact) mass is 392 g/mol. The molecule has 1 aliphatic heterocycles. The molecule has 29 heavy (non-hydrogen) atoms. The maximum absolute atomic E-state index is 12.8. The van der Waals surface area contributed by atoms with Gasteiger partial charge in [0, 0.05) is 24.3 Å². The molecular formula is C20H20N6O3. The third-order valence-corrected chi connectivity index (χ3v) is 4.88. The third kappa shape index (κ3) is 3.79. The molecule has 1 saturated heterocycles. The lowest BCUT2D eigenvalue weighted by Gasteiger charge is -2.17. The molecule has 2 amide bonds. The quantitative estimate of drug-likeness (QED) is 0.712.